The molecule has 4 aromatic rings. The molecule has 0 saturated carbocycles. The van der Waals surface area contributed by atoms with Crippen LogP contribution in [-0.4, -0.2) is 5.11 Å². The Hall–Kier alpha value is -2.42. The zero-order chi connectivity index (χ0) is 16.1. The van der Waals surface area contributed by atoms with Crippen LogP contribution in [0.1, 0.15) is 16.0 Å². The first-order valence-corrected chi connectivity index (χ1v) is 8.99. The van der Waals surface area contributed by atoms with Gasteiger partial charge in [0.25, 0.3) is 0 Å². The molecule has 1 aliphatic carbocycles. The number of aliphatic hydroxyl groups is 1. The fraction of sp³-hybridized carbons (Fsp3) is 0.0909. The minimum Gasteiger partial charge on any atom is -0.392 e. The maximum Gasteiger partial charge on any atom is 0.0684 e. The third-order valence-corrected chi connectivity index (χ3v) is 6.04. The van der Waals surface area contributed by atoms with Gasteiger partial charge in [-0.05, 0) is 33.5 Å². The molecule has 1 nitrogen and oxygen atoms in total. The summed E-state index contributed by atoms with van der Waals surface area (Å²) in [5.41, 5.74) is 6.32. The summed E-state index contributed by atoms with van der Waals surface area (Å²) in [4.78, 5) is 2.74. The first-order valence-electron chi connectivity index (χ1n) is 8.18. The van der Waals surface area contributed by atoms with E-state index >= 15 is 0 Å². The normalized spacial score (nSPS) is 11.9. The predicted molar refractivity (Wildman–Crippen MR) is 101 cm³/mol. The number of thiophene rings is 1. The van der Waals surface area contributed by atoms with Gasteiger partial charge in [0.1, 0.15) is 0 Å². The lowest BCUT2D eigenvalue weighted by molar-refractivity contribution is 0.281. The van der Waals surface area contributed by atoms with E-state index in [2.05, 4.69) is 48.5 Å². The molecule has 1 N–H and O–H groups in total. The average molecular weight is 328 g/mol. The van der Waals surface area contributed by atoms with E-state index in [1.54, 1.807) is 0 Å². The highest BCUT2D eigenvalue weighted by Crippen LogP contribution is 2.51. The third kappa shape index (κ3) is 1.97. The van der Waals surface area contributed by atoms with Crippen molar-refractivity contribution >= 4 is 22.1 Å². The molecule has 0 fully saturated rings. The Morgan fingerprint density at radius 3 is 2.29 bits per heavy atom. The van der Waals surface area contributed by atoms with E-state index in [1.807, 2.05) is 29.5 Å². The first-order chi connectivity index (χ1) is 11.8. The van der Waals surface area contributed by atoms with E-state index < -0.39 is 0 Å². The van der Waals surface area contributed by atoms with Crippen LogP contribution in [0.3, 0.4) is 0 Å². The molecule has 1 heterocycles. The second kappa shape index (κ2) is 5.30. The minimum absolute atomic E-state index is 0.101. The van der Waals surface area contributed by atoms with Crippen LogP contribution in [-0.2, 0) is 13.0 Å². The van der Waals surface area contributed by atoms with E-state index in [4.69, 9.17) is 0 Å². The zero-order valence-electron chi connectivity index (χ0n) is 13.1. The van der Waals surface area contributed by atoms with E-state index in [0.29, 0.717) is 0 Å². The molecule has 2 heteroatoms. The molecule has 1 aromatic heterocycles. The predicted octanol–water partition coefficient (Wildman–Crippen LogP) is 5.63. The summed E-state index contributed by atoms with van der Waals surface area (Å²) < 4.78 is 0. The third-order valence-electron chi connectivity index (χ3n) is 4.88. The second-order valence-electron chi connectivity index (χ2n) is 6.27. The highest BCUT2D eigenvalue weighted by Gasteiger charge is 2.23. The Morgan fingerprint density at radius 1 is 0.750 bits per heavy atom. The summed E-state index contributed by atoms with van der Waals surface area (Å²) >= 11 is 1.88. The summed E-state index contributed by atoms with van der Waals surface area (Å²) in [6.45, 7) is 0.101. The summed E-state index contributed by atoms with van der Waals surface area (Å²) in [5, 5.41) is 12.3. The standard InChI is InChI=1S/C22H16OS/c23-13-16-6-2-1-5-15(16)11-17-12-20-18-9-3-7-14-8-4-10-19(21(14)18)22(20)24-17/h1-10,12,23H,11,13H2. The van der Waals surface area contributed by atoms with Crippen molar-refractivity contribution in [3.05, 3.63) is 82.7 Å². The molecule has 24 heavy (non-hydrogen) atoms. The molecule has 0 aliphatic heterocycles. The lowest BCUT2D eigenvalue weighted by atomic mass is 10.0. The van der Waals surface area contributed by atoms with Crippen LogP contribution in [0.25, 0.3) is 32.3 Å². The Bertz CT molecular complexity index is 1020. The number of hydrogen-bond acceptors (Lipinski definition) is 2. The van der Waals surface area contributed by atoms with Crippen LogP contribution in [0.15, 0.2) is 66.7 Å². The smallest absolute Gasteiger partial charge is 0.0684 e. The van der Waals surface area contributed by atoms with Crippen LogP contribution < -0.4 is 0 Å². The Balaban J connectivity index is 1.62. The molecule has 0 radical (unpaired) electrons. The average Bonchev–Trinajstić information content (AvgIpc) is 3.16. The van der Waals surface area contributed by atoms with E-state index in [0.717, 1.165) is 12.0 Å². The molecule has 0 bridgehead atoms. The molecule has 0 saturated heterocycles. The second-order valence-corrected chi connectivity index (χ2v) is 7.41. The quantitative estimate of drug-likeness (QED) is 0.455. The summed E-state index contributed by atoms with van der Waals surface area (Å²) in [6, 6.07) is 23.6. The fourth-order valence-electron chi connectivity index (χ4n) is 3.76. The topological polar surface area (TPSA) is 20.2 Å². The lowest BCUT2D eigenvalue weighted by Crippen LogP contribution is -1.93. The number of rotatable bonds is 3. The summed E-state index contributed by atoms with van der Waals surface area (Å²) in [5.74, 6) is 0. The van der Waals surface area contributed by atoms with Gasteiger partial charge >= 0.3 is 0 Å². The van der Waals surface area contributed by atoms with Crippen molar-refractivity contribution in [2.45, 2.75) is 13.0 Å². The number of aliphatic hydroxyl groups excluding tert-OH is 1. The van der Waals surface area contributed by atoms with E-state index in [9.17, 15) is 5.11 Å². The van der Waals surface area contributed by atoms with Crippen molar-refractivity contribution < 1.29 is 5.11 Å². The minimum atomic E-state index is 0.101. The Labute approximate surface area is 144 Å². The van der Waals surface area contributed by atoms with Crippen LogP contribution in [0, 0.1) is 0 Å². The monoisotopic (exact) mass is 328 g/mol. The Morgan fingerprint density at radius 2 is 1.50 bits per heavy atom. The summed E-state index contributed by atoms with van der Waals surface area (Å²) in [6.07, 6.45) is 0.881. The van der Waals surface area contributed by atoms with Gasteiger partial charge in [-0.1, -0.05) is 60.7 Å². The Kier molecular flexibility index (Phi) is 3.09. The van der Waals surface area contributed by atoms with Crippen molar-refractivity contribution in [2.24, 2.45) is 0 Å². The highest BCUT2D eigenvalue weighted by molar-refractivity contribution is 7.16. The maximum absolute atomic E-state index is 9.55. The molecule has 1 aliphatic rings. The highest BCUT2D eigenvalue weighted by atomic mass is 32.1. The van der Waals surface area contributed by atoms with Crippen molar-refractivity contribution in [3.8, 4) is 21.6 Å². The van der Waals surface area contributed by atoms with Gasteiger partial charge in [0, 0.05) is 27.3 Å². The van der Waals surface area contributed by atoms with Gasteiger partial charge in [0.15, 0.2) is 0 Å². The van der Waals surface area contributed by atoms with Crippen LogP contribution in [0.5, 0.6) is 0 Å². The van der Waals surface area contributed by atoms with Gasteiger partial charge in [0.05, 0.1) is 6.61 Å². The fourth-order valence-corrected chi connectivity index (χ4v) is 4.98. The molecular weight excluding hydrogens is 312 g/mol. The van der Waals surface area contributed by atoms with E-state index in [-0.39, 0.29) is 6.61 Å². The molecule has 5 rings (SSSR count). The van der Waals surface area contributed by atoms with Crippen molar-refractivity contribution in [1.82, 2.24) is 0 Å². The van der Waals surface area contributed by atoms with Gasteiger partial charge in [-0.3, -0.25) is 0 Å². The van der Waals surface area contributed by atoms with Crippen LogP contribution in [0.4, 0.5) is 0 Å². The van der Waals surface area contributed by atoms with Gasteiger partial charge in [-0.2, -0.15) is 0 Å². The maximum atomic E-state index is 9.55. The van der Waals surface area contributed by atoms with Gasteiger partial charge in [-0.15, -0.1) is 11.3 Å². The zero-order valence-corrected chi connectivity index (χ0v) is 13.9. The SMILES string of the molecule is OCc1ccccc1Cc1cc2c(s1)-c1cccc3cccc-2c13. The number of hydrogen-bond donors (Lipinski definition) is 1. The summed E-state index contributed by atoms with van der Waals surface area (Å²) in [7, 11) is 0. The molecule has 0 atom stereocenters. The van der Waals surface area contributed by atoms with E-state index in [1.165, 1.54) is 42.8 Å². The van der Waals surface area contributed by atoms with Gasteiger partial charge < -0.3 is 5.11 Å². The number of fused-ring (bicyclic) bond motifs is 3. The van der Waals surface area contributed by atoms with Crippen LogP contribution in [0.2, 0.25) is 0 Å². The molecule has 116 valence electrons. The van der Waals surface area contributed by atoms with Gasteiger partial charge in [-0.25, -0.2) is 0 Å². The molecule has 0 amide bonds. The van der Waals surface area contributed by atoms with Crippen molar-refractivity contribution in [3.63, 3.8) is 0 Å². The molecule has 0 spiro atoms. The van der Waals surface area contributed by atoms with Gasteiger partial charge in [0.2, 0.25) is 0 Å². The van der Waals surface area contributed by atoms with Crippen molar-refractivity contribution in [1.29, 1.82) is 0 Å². The number of benzene rings is 3. The molecular formula is C22H16OS. The van der Waals surface area contributed by atoms with Crippen molar-refractivity contribution in [2.75, 3.05) is 0 Å². The lowest BCUT2D eigenvalue weighted by Gasteiger charge is -2.06. The largest absolute Gasteiger partial charge is 0.392 e. The molecule has 0 unspecified atom stereocenters. The molecule has 3 aromatic carbocycles. The first kappa shape index (κ1) is 14.0. The van der Waals surface area contributed by atoms with Crippen LogP contribution >= 0.6 is 11.3 Å².